The first kappa shape index (κ1) is 15.1. The normalized spacial score (nSPS) is 13.3. The molecule has 2 aromatic rings. The molecule has 0 saturated heterocycles. The number of fused-ring (bicyclic) bond motifs is 1. The van der Waals surface area contributed by atoms with E-state index < -0.39 is 5.97 Å². The molecular weight excluding hydrogens is 288 g/mol. The van der Waals surface area contributed by atoms with Gasteiger partial charge in [0.25, 0.3) is 0 Å². The minimum absolute atomic E-state index is 0.177. The summed E-state index contributed by atoms with van der Waals surface area (Å²) in [5.74, 6) is -0.755. The number of carbonyl (C=O) groups is 1. The maximum Gasteiger partial charge on any atom is 0.303 e. The highest BCUT2D eigenvalue weighted by Gasteiger charge is 2.17. The van der Waals surface area contributed by atoms with Gasteiger partial charge in [-0.2, -0.15) is 5.26 Å². The van der Waals surface area contributed by atoms with Crippen LogP contribution in [0.4, 0.5) is 5.69 Å². The highest BCUT2D eigenvalue weighted by Crippen LogP contribution is 2.25. The molecule has 0 saturated carbocycles. The van der Waals surface area contributed by atoms with Gasteiger partial charge in [0.1, 0.15) is 0 Å². The van der Waals surface area contributed by atoms with Gasteiger partial charge in [0.15, 0.2) is 0 Å². The van der Waals surface area contributed by atoms with Crippen molar-refractivity contribution < 1.29 is 9.90 Å². The van der Waals surface area contributed by atoms with Gasteiger partial charge in [-0.25, -0.2) is 0 Å². The van der Waals surface area contributed by atoms with E-state index in [1.54, 1.807) is 0 Å². The molecule has 0 aromatic heterocycles. The summed E-state index contributed by atoms with van der Waals surface area (Å²) < 4.78 is 0. The molecule has 0 aliphatic carbocycles. The average molecular weight is 306 g/mol. The molecule has 4 heteroatoms. The van der Waals surface area contributed by atoms with Crippen molar-refractivity contribution in [1.29, 1.82) is 5.26 Å². The maximum absolute atomic E-state index is 10.7. The van der Waals surface area contributed by atoms with E-state index in [-0.39, 0.29) is 6.42 Å². The molecule has 2 aromatic carbocycles. The Morgan fingerprint density at radius 3 is 2.65 bits per heavy atom. The number of benzene rings is 2. The van der Waals surface area contributed by atoms with Crippen LogP contribution in [-0.4, -0.2) is 17.6 Å². The molecule has 1 heterocycles. The SMILES string of the molecule is N#Cc1ccc(N2CCc3cc(CCC(=O)O)ccc3C2)cc1. The van der Waals surface area contributed by atoms with Crippen molar-refractivity contribution >= 4 is 11.7 Å². The molecule has 3 rings (SSSR count). The zero-order valence-corrected chi connectivity index (χ0v) is 12.8. The van der Waals surface area contributed by atoms with Crippen LogP contribution in [0.2, 0.25) is 0 Å². The number of anilines is 1. The Morgan fingerprint density at radius 2 is 1.96 bits per heavy atom. The summed E-state index contributed by atoms with van der Waals surface area (Å²) in [6, 6.07) is 16.1. The third-order valence-electron chi connectivity index (χ3n) is 4.27. The van der Waals surface area contributed by atoms with Crippen molar-refractivity contribution in [2.45, 2.75) is 25.8 Å². The molecular formula is C19H18N2O2. The van der Waals surface area contributed by atoms with Gasteiger partial charge >= 0.3 is 5.97 Å². The number of aliphatic carboxylic acids is 1. The predicted octanol–water partition coefficient (Wildman–Crippen LogP) is 3.14. The predicted molar refractivity (Wildman–Crippen MR) is 88.3 cm³/mol. The molecule has 0 atom stereocenters. The lowest BCUT2D eigenvalue weighted by Gasteiger charge is -2.31. The van der Waals surface area contributed by atoms with Crippen molar-refractivity contribution in [3.05, 3.63) is 64.7 Å². The zero-order chi connectivity index (χ0) is 16.2. The molecule has 1 aliphatic rings. The summed E-state index contributed by atoms with van der Waals surface area (Å²) in [6.45, 7) is 1.78. The highest BCUT2D eigenvalue weighted by molar-refractivity contribution is 5.67. The molecule has 0 bridgehead atoms. The van der Waals surface area contributed by atoms with Gasteiger partial charge < -0.3 is 10.0 Å². The van der Waals surface area contributed by atoms with E-state index in [2.05, 4.69) is 23.1 Å². The van der Waals surface area contributed by atoms with E-state index in [4.69, 9.17) is 10.4 Å². The summed E-state index contributed by atoms with van der Waals surface area (Å²) in [7, 11) is 0. The van der Waals surface area contributed by atoms with Crippen molar-refractivity contribution in [1.82, 2.24) is 0 Å². The fourth-order valence-electron chi connectivity index (χ4n) is 2.98. The Kier molecular flexibility index (Phi) is 4.29. The number of hydrogen-bond acceptors (Lipinski definition) is 3. The Bertz CT molecular complexity index is 760. The molecule has 0 radical (unpaired) electrons. The van der Waals surface area contributed by atoms with Crippen LogP contribution < -0.4 is 4.90 Å². The van der Waals surface area contributed by atoms with Gasteiger partial charge in [0.2, 0.25) is 0 Å². The minimum Gasteiger partial charge on any atom is -0.481 e. The van der Waals surface area contributed by atoms with Crippen LogP contribution in [0.25, 0.3) is 0 Å². The molecule has 1 aliphatic heterocycles. The Morgan fingerprint density at radius 1 is 1.17 bits per heavy atom. The van der Waals surface area contributed by atoms with Gasteiger partial charge in [-0.15, -0.1) is 0 Å². The summed E-state index contributed by atoms with van der Waals surface area (Å²) in [6.07, 6.45) is 1.72. The van der Waals surface area contributed by atoms with Crippen LogP contribution in [0.15, 0.2) is 42.5 Å². The van der Waals surface area contributed by atoms with E-state index in [0.29, 0.717) is 12.0 Å². The summed E-state index contributed by atoms with van der Waals surface area (Å²) in [5.41, 5.74) is 5.51. The van der Waals surface area contributed by atoms with Crippen LogP contribution in [0, 0.1) is 11.3 Å². The average Bonchev–Trinajstić information content (AvgIpc) is 2.59. The summed E-state index contributed by atoms with van der Waals surface area (Å²) in [4.78, 5) is 13.0. The van der Waals surface area contributed by atoms with Crippen LogP contribution in [0.1, 0.15) is 28.7 Å². The molecule has 0 unspecified atom stereocenters. The molecule has 0 fully saturated rings. The van der Waals surface area contributed by atoms with E-state index in [0.717, 1.165) is 30.8 Å². The Labute approximate surface area is 135 Å². The Hall–Kier alpha value is -2.80. The van der Waals surface area contributed by atoms with Crippen molar-refractivity contribution in [3.8, 4) is 6.07 Å². The molecule has 1 N–H and O–H groups in total. The van der Waals surface area contributed by atoms with E-state index in [1.807, 2.05) is 30.3 Å². The largest absolute Gasteiger partial charge is 0.481 e. The molecule has 4 nitrogen and oxygen atoms in total. The van der Waals surface area contributed by atoms with Gasteiger partial charge in [-0.1, -0.05) is 18.2 Å². The van der Waals surface area contributed by atoms with E-state index in [1.165, 1.54) is 11.1 Å². The van der Waals surface area contributed by atoms with Crippen molar-refractivity contribution in [3.63, 3.8) is 0 Å². The van der Waals surface area contributed by atoms with Crippen molar-refractivity contribution in [2.75, 3.05) is 11.4 Å². The molecule has 23 heavy (non-hydrogen) atoms. The van der Waals surface area contributed by atoms with Crippen molar-refractivity contribution in [2.24, 2.45) is 0 Å². The van der Waals surface area contributed by atoms with Gasteiger partial charge in [-0.05, 0) is 53.8 Å². The van der Waals surface area contributed by atoms with Gasteiger partial charge in [0.05, 0.1) is 11.6 Å². The third kappa shape index (κ3) is 3.51. The Balaban J connectivity index is 1.73. The topological polar surface area (TPSA) is 64.3 Å². The van der Waals surface area contributed by atoms with Gasteiger partial charge in [0, 0.05) is 25.2 Å². The van der Waals surface area contributed by atoms with Crippen LogP contribution in [0.3, 0.4) is 0 Å². The first-order valence-electron chi connectivity index (χ1n) is 7.73. The monoisotopic (exact) mass is 306 g/mol. The first-order chi connectivity index (χ1) is 11.2. The fourth-order valence-corrected chi connectivity index (χ4v) is 2.98. The number of carboxylic acid groups (broad SMARTS) is 1. The lowest BCUT2D eigenvalue weighted by atomic mass is 9.95. The second kappa shape index (κ2) is 6.53. The van der Waals surface area contributed by atoms with Crippen LogP contribution >= 0.6 is 0 Å². The number of aryl methyl sites for hydroxylation is 1. The second-order valence-electron chi connectivity index (χ2n) is 5.83. The second-order valence-corrected chi connectivity index (χ2v) is 5.83. The number of nitriles is 1. The quantitative estimate of drug-likeness (QED) is 0.942. The smallest absolute Gasteiger partial charge is 0.303 e. The number of carboxylic acids is 1. The van der Waals surface area contributed by atoms with E-state index in [9.17, 15) is 4.79 Å². The lowest BCUT2D eigenvalue weighted by molar-refractivity contribution is -0.136. The van der Waals surface area contributed by atoms with Gasteiger partial charge in [-0.3, -0.25) is 4.79 Å². The summed E-state index contributed by atoms with van der Waals surface area (Å²) >= 11 is 0. The standard InChI is InChI=1S/C19H18N2O2/c20-12-15-2-6-18(7-3-15)21-10-9-16-11-14(4-8-19(22)23)1-5-17(16)13-21/h1-3,5-7,11H,4,8-10,13H2,(H,22,23). The molecule has 0 amide bonds. The lowest BCUT2D eigenvalue weighted by Crippen LogP contribution is -2.30. The third-order valence-corrected chi connectivity index (χ3v) is 4.27. The van der Waals surface area contributed by atoms with E-state index >= 15 is 0 Å². The molecule has 0 spiro atoms. The molecule has 116 valence electrons. The first-order valence-corrected chi connectivity index (χ1v) is 7.73. The summed E-state index contributed by atoms with van der Waals surface area (Å²) in [5, 5.41) is 17.7. The number of nitrogens with zero attached hydrogens (tertiary/aromatic N) is 2. The van der Waals surface area contributed by atoms with Crippen LogP contribution in [-0.2, 0) is 24.2 Å². The number of rotatable bonds is 4. The zero-order valence-electron chi connectivity index (χ0n) is 12.8. The minimum atomic E-state index is -0.755. The fraction of sp³-hybridized carbons (Fsp3) is 0.263. The van der Waals surface area contributed by atoms with Crippen LogP contribution in [0.5, 0.6) is 0 Å². The highest BCUT2D eigenvalue weighted by atomic mass is 16.4. The maximum atomic E-state index is 10.7. The number of hydrogen-bond donors (Lipinski definition) is 1.